The Morgan fingerprint density at radius 1 is 1.20 bits per heavy atom. The van der Waals surface area contributed by atoms with Crippen LogP contribution in [0.25, 0.3) is 0 Å². The Balaban J connectivity index is 1.73. The molecule has 0 heterocycles. The van der Waals surface area contributed by atoms with Crippen LogP contribution in [0.3, 0.4) is 0 Å². The van der Waals surface area contributed by atoms with E-state index in [1.165, 1.54) is 17.5 Å². The molecule has 0 aliphatic heterocycles. The van der Waals surface area contributed by atoms with Crippen molar-refractivity contribution in [3.63, 3.8) is 0 Å². The molecule has 0 bridgehead atoms. The summed E-state index contributed by atoms with van der Waals surface area (Å²) >= 11 is 0. The van der Waals surface area contributed by atoms with Crippen molar-refractivity contribution >= 4 is 0 Å². The number of aliphatic hydroxyl groups excluding tert-OH is 1. The number of aryl methyl sites for hydroxylation is 1. The number of benzene rings is 1. The van der Waals surface area contributed by atoms with Gasteiger partial charge in [0.1, 0.15) is 5.75 Å². The Bertz CT molecular complexity index is 577. The summed E-state index contributed by atoms with van der Waals surface area (Å²) in [7, 11) is 0. The van der Waals surface area contributed by atoms with Gasteiger partial charge >= 0.3 is 0 Å². The van der Waals surface area contributed by atoms with E-state index < -0.39 is 0 Å². The van der Waals surface area contributed by atoms with Crippen LogP contribution in [0, 0.1) is 17.3 Å². The second-order valence-corrected chi connectivity index (χ2v) is 7.09. The lowest BCUT2D eigenvalue weighted by Crippen LogP contribution is -2.44. The molecular formula is C18H22O2. The Hall–Kier alpha value is -1.28. The number of fused-ring (bicyclic) bond motifs is 5. The number of phenols is 1. The van der Waals surface area contributed by atoms with Crippen molar-refractivity contribution in [1.82, 2.24) is 0 Å². The predicted molar refractivity (Wildman–Crippen MR) is 78.6 cm³/mol. The number of aliphatic hydroxyl groups is 1. The van der Waals surface area contributed by atoms with Gasteiger partial charge in [0.05, 0.1) is 6.10 Å². The lowest BCUT2D eigenvalue weighted by atomic mass is 9.55. The van der Waals surface area contributed by atoms with E-state index >= 15 is 0 Å². The van der Waals surface area contributed by atoms with Gasteiger partial charge in [0.2, 0.25) is 0 Å². The summed E-state index contributed by atoms with van der Waals surface area (Å²) in [6.45, 7) is 2.25. The highest BCUT2D eigenvalue weighted by atomic mass is 16.3. The van der Waals surface area contributed by atoms with Gasteiger partial charge in [-0.15, -0.1) is 0 Å². The maximum atomic E-state index is 10.3. The summed E-state index contributed by atoms with van der Waals surface area (Å²) in [5.74, 6) is 2.16. The molecule has 0 saturated heterocycles. The number of allylic oxidation sites excluding steroid dienone is 1. The first-order valence-corrected chi connectivity index (χ1v) is 7.78. The van der Waals surface area contributed by atoms with Crippen LogP contribution < -0.4 is 0 Å². The Morgan fingerprint density at radius 2 is 2.05 bits per heavy atom. The summed E-state index contributed by atoms with van der Waals surface area (Å²) in [5.41, 5.74) is 2.82. The molecule has 4 rings (SSSR count). The molecule has 0 spiro atoms. The molecule has 2 N–H and O–H groups in total. The minimum Gasteiger partial charge on any atom is -0.508 e. The second-order valence-electron chi connectivity index (χ2n) is 7.09. The third-order valence-corrected chi connectivity index (χ3v) is 6.18. The van der Waals surface area contributed by atoms with E-state index in [-0.39, 0.29) is 11.5 Å². The average molecular weight is 270 g/mol. The van der Waals surface area contributed by atoms with E-state index in [2.05, 4.69) is 19.1 Å². The molecule has 2 nitrogen and oxygen atoms in total. The van der Waals surface area contributed by atoms with E-state index in [1.807, 2.05) is 18.2 Å². The van der Waals surface area contributed by atoms with Gasteiger partial charge in [0.15, 0.2) is 0 Å². The molecule has 5 atom stereocenters. The smallest absolute Gasteiger partial charge is 0.115 e. The van der Waals surface area contributed by atoms with Crippen LogP contribution in [0.5, 0.6) is 5.75 Å². The Labute approximate surface area is 120 Å². The monoisotopic (exact) mass is 270 g/mol. The van der Waals surface area contributed by atoms with Gasteiger partial charge in [-0.05, 0) is 66.7 Å². The fraction of sp³-hybridized carbons (Fsp3) is 0.556. The Kier molecular flexibility index (Phi) is 2.56. The summed E-state index contributed by atoms with van der Waals surface area (Å²) in [6, 6.07) is 5.90. The molecular weight excluding hydrogens is 248 g/mol. The van der Waals surface area contributed by atoms with Crippen molar-refractivity contribution in [1.29, 1.82) is 0 Å². The number of rotatable bonds is 0. The van der Waals surface area contributed by atoms with Crippen molar-refractivity contribution in [3.8, 4) is 5.75 Å². The fourth-order valence-electron chi connectivity index (χ4n) is 5.00. The van der Waals surface area contributed by atoms with Crippen LogP contribution in [0.15, 0.2) is 30.4 Å². The van der Waals surface area contributed by atoms with Gasteiger partial charge in [-0.1, -0.05) is 25.1 Å². The SMILES string of the molecule is C[C@]12CC[C@@H]3c4ccc(O)cc4CC[C@H]3[C@@H]1C=C[C@@H]2O. The standard InChI is InChI=1S/C18H22O2/c1-18-9-8-14-13-5-3-12(19)10-11(13)2-4-15(14)16(18)6-7-17(18)20/h3,5-7,10,14-17,19-20H,2,4,8-9H2,1H3/t14-,15-,16+,17+,18+/m1/s1. The molecule has 1 aromatic rings. The number of hydrogen-bond acceptors (Lipinski definition) is 2. The molecule has 0 aromatic heterocycles. The first kappa shape index (κ1) is 12.5. The van der Waals surface area contributed by atoms with E-state index in [9.17, 15) is 10.2 Å². The highest BCUT2D eigenvalue weighted by Crippen LogP contribution is 2.58. The first-order valence-electron chi connectivity index (χ1n) is 7.78. The molecule has 1 saturated carbocycles. The second kappa shape index (κ2) is 4.11. The normalized spacial score (nSPS) is 41.9. The largest absolute Gasteiger partial charge is 0.508 e. The molecule has 20 heavy (non-hydrogen) atoms. The van der Waals surface area contributed by atoms with Gasteiger partial charge in [0, 0.05) is 5.41 Å². The quantitative estimate of drug-likeness (QED) is 0.709. The minimum atomic E-state index is -0.269. The van der Waals surface area contributed by atoms with Gasteiger partial charge in [0.25, 0.3) is 0 Å². The lowest BCUT2D eigenvalue weighted by molar-refractivity contribution is -0.0101. The Morgan fingerprint density at radius 3 is 2.90 bits per heavy atom. The molecule has 1 fully saturated rings. The molecule has 0 radical (unpaired) electrons. The van der Waals surface area contributed by atoms with Crippen LogP contribution >= 0.6 is 0 Å². The maximum Gasteiger partial charge on any atom is 0.115 e. The van der Waals surface area contributed by atoms with E-state index in [0.29, 0.717) is 23.5 Å². The number of hydrogen-bond donors (Lipinski definition) is 2. The molecule has 2 heteroatoms. The molecule has 3 aliphatic carbocycles. The van der Waals surface area contributed by atoms with E-state index in [4.69, 9.17) is 0 Å². The highest BCUT2D eigenvalue weighted by molar-refractivity contribution is 5.40. The zero-order valence-electron chi connectivity index (χ0n) is 11.9. The minimum absolute atomic E-state index is 0.0512. The average Bonchev–Trinajstić information content (AvgIpc) is 2.74. The lowest BCUT2D eigenvalue weighted by Gasteiger charge is -2.50. The van der Waals surface area contributed by atoms with Crippen LogP contribution in [-0.4, -0.2) is 16.3 Å². The molecule has 3 aliphatic rings. The highest BCUT2D eigenvalue weighted by Gasteiger charge is 2.52. The topological polar surface area (TPSA) is 40.5 Å². The maximum absolute atomic E-state index is 10.3. The van der Waals surface area contributed by atoms with Gasteiger partial charge in [-0.3, -0.25) is 0 Å². The van der Waals surface area contributed by atoms with Crippen molar-refractivity contribution in [2.24, 2.45) is 17.3 Å². The number of phenolic OH excluding ortho intramolecular Hbond substituents is 1. The van der Waals surface area contributed by atoms with Crippen LogP contribution in [0.2, 0.25) is 0 Å². The molecule has 1 aromatic carbocycles. The predicted octanol–water partition coefficient (Wildman–Crippen LogP) is 3.39. The molecule has 0 amide bonds. The van der Waals surface area contributed by atoms with Crippen LogP contribution in [0.1, 0.15) is 43.2 Å². The van der Waals surface area contributed by atoms with E-state index in [1.54, 1.807) is 0 Å². The van der Waals surface area contributed by atoms with Crippen LogP contribution in [0.4, 0.5) is 0 Å². The summed E-state index contributed by atoms with van der Waals surface area (Å²) in [6.07, 6.45) is 8.50. The van der Waals surface area contributed by atoms with Crippen molar-refractivity contribution in [2.45, 2.75) is 44.6 Å². The summed E-state index contributed by atoms with van der Waals surface area (Å²) < 4.78 is 0. The fourth-order valence-corrected chi connectivity index (χ4v) is 5.00. The van der Waals surface area contributed by atoms with Crippen molar-refractivity contribution in [2.75, 3.05) is 0 Å². The third kappa shape index (κ3) is 1.54. The molecule has 0 unspecified atom stereocenters. The zero-order chi connectivity index (χ0) is 13.9. The van der Waals surface area contributed by atoms with Crippen LogP contribution in [-0.2, 0) is 6.42 Å². The molecule has 106 valence electrons. The van der Waals surface area contributed by atoms with Gasteiger partial charge in [-0.25, -0.2) is 0 Å². The van der Waals surface area contributed by atoms with Crippen molar-refractivity contribution in [3.05, 3.63) is 41.5 Å². The summed E-state index contributed by atoms with van der Waals surface area (Å²) in [5, 5.41) is 20.0. The van der Waals surface area contributed by atoms with Gasteiger partial charge in [-0.2, -0.15) is 0 Å². The number of aromatic hydroxyl groups is 1. The van der Waals surface area contributed by atoms with Gasteiger partial charge < -0.3 is 10.2 Å². The zero-order valence-corrected chi connectivity index (χ0v) is 11.9. The van der Waals surface area contributed by atoms with Crippen molar-refractivity contribution < 1.29 is 10.2 Å². The van der Waals surface area contributed by atoms with E-state index in [0.717, 1.165) is 19.3 Å². The first-order chi connectivity index (χ1) is 9.59. The third-order valence-electron chi connectivity index (χ3n) is 6.18. The summed E-state index contributed by atoms with van der Waals surface area (Å²) in [4.78, 5) is 0.